The van der Waals surface area contributed by atoms with Crippen molar-refractivity contribution in [3.8, 4) is 17.6 Å². The number of carbonyl (C=O) groups is 1. The number of rotatable bonds is 6. The lowest BCUT2D eigenvalue weighted by Crippen LogP contribution is -2.23. The first-order chi connectivity index (χ1) is 17.7. The van der Waals surface area contributed by atoms with Gasteiger partial charge < -0.3 is 25.1 Å². The fourth-order valence-electron chi connectivity index (χ4n) is 5.68. The van der Waals surface area contributed by atoms with E-state index < -0.39 is 0 Å². The molecule has 186 valence electrons. The number of H-pyrrole nitrogens is 1. The molecule has 2 aromatic heterocycles. The number of benzene rings is 1. The third-order valence-electron chi connectivity index (χ3n) is 7.52. The number of aromatic amines is 1. The van der Waals surface area contributed by atoms with E-state index in [9.17, 15) is 10.1 Å². The summed E-state index contributed by atoms with van der Waals surface area (Å²) in [6.45, 7) is 0.804. The van der Waals surface area contributed by atoms with Gasteiger partial charge in [0.1, 0.15) is 30.7 Å². The van der Waals surface area contributed by atoms with Crippen LogP contribution in [0.4, 0.5) is 17.5 Å². The van der Waals surface area contributed by atoms with Crippen LogP contribution in [-0.4, -0.2) is 40.0 Å². The Hall–Kier alpha value is -3.80. The highest BCUT2D eigenvalue weighted by Gasteiger charge is 2.30. The van der Waals surface area contributed by atoms with Gasteiger partial charge in [0.2, 0.25) is 5.95 Å². The number of nitriles is 1. The van der Waals surface area contributed by atoms with Crippen LogP contribution < -0.4 is 20.1 Å². The summed E-state index contributed by atoms with van der Waals surface area (Å²) in [5, 5.41) is 17.2. The van der Waals surface area contributed by atoms with E-state index in [1.54, 1.807) is 6.20 Å². The van der Waals surface area contributed by atoms with Gasteiger partial charge in [-0.15, -0.1) is 0 Å². The number of aromatic nitrogens is 3. The van der Waals surface area contributed by atoms with E-state index in [1.165, 1.54) is 19.3 Å². The maximum Gasteiger partial charge on any atom is 0.231 e. The van der Waals surface area contributed by atoms with Gasteiger partial charge >= 0.3 is 0 Å². The molecule has 6 rings (SSSR count). The van der Waals surface area contributed by atoms with E-state index in [0.29, 0.717) is 70.4 Å². The number of hydrogen-bond acceptors (Lipinski definition) is 8. The molecule has 36 heavy (non-hydrogen) atoms. The molecule has 2 saturated carbocycles. The molecule has 0 spiro atoms. The zero-order valence-electron chi connectivity index (χ0n) is 20.2. The van der Waals surface area contributed by atoms with Crippen LogP contribution in [0.15, 0.2) is 18.3 Å². The molecule has 3 heterocycles. The molecule has 0 bridgehead atoms. The van der Waals surface area contributed by atoms with Gasteiger partial charge in [0.25, 0.3) is 0 Å². The van der Waals surface area contributed by atoms with Crippen molar-refractivity contribution < 1.29 is 14.3 Å². The zero-order chi connectivity index (χ0) is 24.5. The van der Waals surface area contributed by atoms with Crippen LogP contribution in [0.1, 0.15) is 73.7 Å². The van der Waals surface area contributed by atoms with Crippen LogP contribution in [0.5, 0.6) is 11.5 Å². The van der Waals surface area contributed by atoms with Crippen molar-refractivity contribution in [3.63, 3.8) is 0 Å². The predicted octanol–water partition coefficient (Wildman–Crippen LogP) is 5.46. The van der Waals surface area contributed by atoms with Crippen LogP contribution in [0.25, 0.3) is 11.0 Å². The Labute approximate surface area is 209 Å². The van der Waals surface area contributed by atoms with E-state index in [1.807, 2.05) is 12.1 Å². The van der Waals surface area contributed by atoms with Gasteiger partial charge in [-0.2, -0.15) is 15.2 Å². The van der Waals surface area contributed by atoms with Crippen LogP contribution in [0, 0.1) is 17.2 Å². The molecule has 3 aromatic rings. The molecule has 3 N–H and O–H groups in total. The van der Waals surface area contributed by atoms with E-state index in [2.05, 4.69) is 26.7 Å². The minimum atomic E-state index is 0.0554. The highest BCUT2D eigenvalue weighted by molar-refractivity contribution is 6.02. The first-order valence-corrected chi connectivity index (χ1v) is 13.0. The average molecular weight is 487 g/mol. The van der Waals surface area contributed by atoms with Gasteiger partial charge in [-0.1, -0.05) is 32.1 Å². The summed E-state index contributed by atoms with van der Waals surface area (Å²) in [7, 11) is 0. The third kappa shape index (κ3) is 4.21. The molecule has 0 unspecified atom stereocenters. The first-order valence-electron chi connectivity index (χ1n) is 13.0. The Bertz CT molecular complexity index is 1330. The second-order valence-electron chi connectivity index (χ2n) is 9.90. The SMILES string of the molecule is N#Cc1c[nH]c2nc(Nc3ccc(C(=O)C4CCCC4)c4c3OCCO4)nc(NC3CCCCC3)c12. The normalized spacial score (nSPS) is 18.2. The molecule has 2 fully saturated rings. The van der Waals surface area contributed by atoms with Gasteiger partial charge in [0.05, 0.1) is 22.2 Å². The van der Waals surface area contributed by atoms with Gasteiger partial charge in [0, 0.05) is 18.2 Å². The second-order valence-corrected chi connectivity index (χ2v) is 9.90. The fraction of sp³-hybridized carbons (Fsp3) is 0.481. The maximum atomic E-state index is 13.2. The average Bonchev–Trinajstić information content (AvgIpc) is 3.60. The largest absolute Gasteiger partial charge is 0.485 e. The van der Waals surface area contributed by atoms with Crippen LogP contribution in [-0.2, 0) is 0 Å². The molecule has 2 aliphatic carbocycles. The smallest absolute Gasteiger partial charge is 0.231 e. The van der Waals surface area contributed by atoms with Crippen LogP contribution >= 0.6 is 0 Å². The Morgan fingerprint density at radius 3 is 2.53 bits per heavy atom. The van der Waals surface area contributed by atoms with Crippen molar-refractivity contribution >= 4 is 34.3 Å². The Balaban J connectivity index is 1.35. The summed E-state index contributed by atoms with van der Waals surface area (Å²) in [5.41, 5.74) is 2.32. The minimum absolute atomic E-state index is 0.0554. The molecule has 9 nitrogen and oxygen atoms in total. The summed E-state index contributed by atoms with van der Waals surface area (Å²) in [6, 6.07) is 6.21. The molecule has 1 aliphatic heterocycles. The molecule has 3 aliphatic rings. The summed E-state index contributed by atoms with van der Waals surface area (Å²) in [4.78, 5) is 25.7. The summed E-state index contributed by atoms with van der Waals surface area (Å²) < 4.78 is 11.9. The van der Waals surface area contributed by atoms with E-state index in [0.717, 1.165) is 38.5 Å². The Kier molecular flexibility index (Phi) is 6.09. The number of fused-ring (bicyclic) bond motifs is 2. The number of nitrogens with one attached hydrogen (secondary N) is 3. The molecule has 0 radical (unpaired) electrons. The number of anilines is 3. The third-order valence-corrected chi connectivity index (χ3v) is 7.52. The van der Waals surface area contributed by atoms with Crippen molar-refractivity contribution in [2.45, 2.75) is 63.8 Å². The predicted molar refractivity (Wildman–Crippen MR) is 136 cm³/mol. The molecular formula is C27H30N6O3. The van der Waals surface area contributed by atoms with Crippen molar-refractivity contribution in [1.82, 2.24) is 15.0 Å². The van der Waals surface area contributed by atoms with Crippen molar-refractivity contribution in [1.29, 1.82) is 5.26 Å². The molecule has 0 saturated heterocycles. The summed E-state index contributed by atoms with van der Waals surface area (Å²) in [5.74, 6) is 2.22. The first kappa shape index (κ1) is 22.7. The van der Waals surface area contributed by atoms with E-state index in [-0.39, 0.29) is 11.7 Å². The highest BCUT2D eigenvalue weighted by atomic mass is 16.6. The van der Waals surface area contributed by atoms with Crippen LogP contribution in [0.2, 0.25) is 0 Å². The molecule has 1 aromatic carbocycles. The highest BCUT2D eigenvalue weighted by Crippen LogP contribution is 2.43. The van der Waals surface area contributed by atoms with E-state index in [4.69, 9.17) is 14.5 Å². The quantitative estimate of drug-likeness (QED) is 0.392. The van der Waals surface area contributed by atoms with E-state index >= 15 is 0 Å². The lowest BCUT2D eigenvalue weighted by atomic mass is 9.95. The summed E-state index contributed by atoms with van der Waals surface area (Å²) >= 11 is 0. The van der Waals surface area contributed by atoms with Crippen molar-refractivity contribution in [2.75, 3.05) is 23.8 Å². The van der Waals surface area contributed by atoms with Crippen LogP contribution in [0.3, 0.4) is 0 Å². The number of ketones is 1. The molecule has 9 heteroatoms. The lowest BCUT2D eigenvalue weighted by Gasteiger charge is -2.25. The number of nitrogens with zero attached hydrogens (tertiary/aromatic N) is 3. The molecule has 0 amide bonds. The zero-order valence-corrected chi connectivity index (χ0v) is 20.2. The minimum Gasteiger partial charge on any atom is -0.485 e. The standard InChI is InChI=1S/C27H30N6O3/c28-14-17-15-29-25-21(17)26(30-18-8-2-1-3-9-18)33-27(32-25)31-20-11-10-19(22(34)16-6-4-5-7-16)23-24(20)36-13-12-35-23/h10-11,15-16,18H,1-9,12-13H2,(H3,29,30,31,32,33). The maximum absolute atomic E-state index is 13.2. The number of ether oxygens (including phenoxy) is 2. The Morgan fingerprint density at radius 2 is 1.75 bits per heavy atom. The number of carbonyl (C=O) groups excluding carboxylic acids is 1. The monoisotopic (exact) mass is 486 g/mol. The van der Waals surface area contributed by atoms with Gasteiger partial charge in [0.15, 0.2) is 17.3 Å². The van der Waals surface area contributed by atoms with Crippen molar-refractivity contribution in [3.05, 3.63) is 29.5 Å². The lowest BCUT2D eigenvalue weighted by molar-refractivity contribution is 0.0912. The fourth-order valence-corrected chi connectivity index (χ4v) is 5.68. The number of hydrogen-bond donors (Lipinski definition) is 3. The van der Waals surface area contributed by atoms with Gasteiger partial charge in [-0.3, -0.25) is 4.79 Å². The van der Waals surface area contributed by atoms with Crippen molar-refractivity contribution in [2.24, 2.45) is 5.92 Å². The molecular weight excluding hydrogens is 456 g/mol. The number of Topliss-reactive ketones (excluding diaryl/α,β-unsaturated/α-hetero) is 1. The summed E-state index contributed by atoms with van der Waals surface area (Å²) in [6.07, 6.45) is 11.5. The Morgan fingerprint density at radius 1 is 1.00 bits per heavy atom. The van der Waals surface area contributed by atoms with Gasteiger partial charge in [-0.25, -0.2) is 0 Å². The molecule has 0 atom stereocenters. The topological polar surface area (TPSA) is 125 Å². The van der Waals surface area contributed by atoms with Gasteiger partial charge in [-0.05, 0) is 37.8 Å². The second kappa shape index (κ2) is 9.69.